The fraction of sp³-hybridized carbons (Fsp3) is 0.167. The second kappa shape index (κ2) is 4.26. The zero-order chi connectivity index (χ0) is 11.5. The summed E-state index contributed by atoms with van der Waals surface area (Å²) >= 11 is 0. The van der Waals surface area contributed by atoms with Crippen molar-refractivity contribution in [3.63, 3.8) is 0 Å². The first-order valence-corrected chi connectivity index (χ1v) is 4.81. The predicted octanol–water partition coefficient (Wildman–Crippen LogP) is 2.09. The maximum atomic E-state index is 12.8. The second-order valence-corrected chi connectivity index (χ2v) is 3.41. The van der Waals surface area contributed by atoms with E-state index in [1.54, 1.807) is 24.3 Å². The summed E-state index contributed by atoms with van der Waals surface area (Å²) in [6.07, 6.45) is 0.212. The summed E-state index contributed by atoms with van der Waals surface area (Å²) < 4.78 is 17.4. The van der Waals surface area contributed by atoms with Gasteiger partial charge in [0.25, 0.3) is 0 Å². The average molecular weight is 219 g/mol. The fourth-order valence-corrected chi connectivity index (χ4v) is 1.50. The van der Waals surface area contributed by atoms with Crippen LogP contribution in [0.15, 0.2) is 30.3 Å². The molecule has 0 aliphatic heterocycles. The van der Waals surface area contributed by atoms with E-state index in [-0.39, 0.29) is 12.4 Å². The van der Waals surface area contributed by atoms with Gasteiger partial charge in [-0.05, 0) is 29.8 Å². The van der Waals surface area contributed by atoms with Crippen LogP contribution in [0.1, 0.15) is 5.56 Å². The number of aromatic nitrogens is 1. The van der Waals surface area contributed by atoms with Gasteiger partial charge in [0.05, 0.1) is 19.0 Å². The molecule has 0 radical (unpaired) electrons. The van der Waals surface area contributed by atoms with Crippen molar-refractivity contribution < 1.29 is 13.9 Å². The Morgan fingerprint density at radius 2 is 2.19 bits per heavy atom. The van der Waals surface area contributed by atoms with Gasteiger partial charge in [0.15, 0.2) is 0 Å². The molecular formula is C12H10FNO2. The van der Waals surface area contributed by atoms with Crippen LogP contribution in [0, 0.1) is 5.95 Å². The predicted molar refractivity (Wildman–Crippen MR) is 57.4 cm³/mol. The van der Waals surface area contributed by atoms with Crippen LogP contribution in [0.2, 0.25) is 0 Å². The van der Waals surface area contributed by atoms with Gasteiger partial charge in [-0.15, -0.1) is 0 Å². The molecule has 0 saturated carbocycles. The van der Waals surface area contributed by atoms with Gasteiger partial charge in [0.1, 0.15) is 0 Å². The molecule has 0 spiro atoms. The molecule has 0 aliphatic carbocycles. The van der Waals surface area contributed by atoms with Crippen molar-refractivity contribution >= 4 is 16.9 Å². The first kappa shape index (κ1) is 10.5. The first-order chi connectivity index (χ1) is 7.69. The van der Waals surface area contributed by atoms with E-state index in [2.05, 4.69) is 9.72 Å². The van der Waals surface area contributed by atoms with E-state index in [4.69, 9.17) is 0 Å². The maximum Gasteiger partial charge on any atom is 0.309 e. The van der Waals surface area contributed by atoms with Gasteiger partial charge in [-0.25, -0.2) is 4.98 Å². The summed E-state index contributed by atoms with van der Waals surface area (Å²) in [5.41, 5.74) is 1.40. The summed E-state index contributed by atoms with van der Waals surface area (Å²) in [6.45, 7) is 0. The minimum absolute atomic E-state index is 0.212. The van der Waals surface area contributed by atoms with E-state index in [1.165, 1.54) is 13.2 Å². The standard InChI is InChI=1S/C12H10FNO2/c1-16-12(15)7-8-2-4-10-9(6-8)3-5-11(13)14-10/h2-6H,7H2,1H3. The Hall–Kier alpha value is -1.97. The SMILES string of the molecule is COC(=O)Cc1ccc2nc(F)ccc2c1. The minimum atomic E-state index is -0.506. The minimum Gasteiger partial charge on any atom is -0.469 e. The molecule has 0 N–H and O–H groups in total. The topological polar surface area (TPSA) is 39.2 Å². The molecule has 0 atom stereocenters. The molecule has 0 bridgehead atoms. The molecule has 0 fully saturated rings. The summed E-state index contributed by atoms with van der Waals surface area (Å²) in [6, 6.07) is 8.17. The quantitative estimate of drug-likeness (QED) is 0.573. The molecule has 1 aromatic carbocycles. The van der Waals surface area contributed by atoms with Crippen LogP contribution in [-0.2, 0) is 16.0 Å². The number of carbonyl (C=O) groups is 1. The largest absolute Gasteiger partial charge is 0.469 e. The monoisotopic (exact) mass is 219 g/mol. The molecule has 2 aromatic rings. The Balaban J connectivity index is 2.37. The van der Waals surface area contributed by atoms with E-state index < -0.39 is 5.95 Å². The number of pyridine rings is 1. The normalized spacial score (nSPS) is 10.4. The molecule has 0 aliphatic rings. The molecule has 0 amide bonds. The number of nitrogens with zero attached hydrogens (tertiary/aromatic N) is 1. The third-order valence-electron chi connectivity index (χ3n) is 2.30. The van der Waals surface area contributed by atoms with Gasteiger partial charge in [0.2, 0.25) is 5.95 Å². The smallest absolute Gasteiger partial charge is 0.309 e. The summed E-state index contributed by atoms with van der Waals surface area (Å²) in [5, 5.41) is 0.808. The van der Waals surface area contributed by atoms with E-state index in [0.29, 0.717) is 5.52 Å². The number of fused-ring (bicyclic) bond motifs is 1. The highest BCUT2D eigenvalue weighted by Gasteiger charge is 2.04. The van der Waals surface area contributed by atoms with Crippen LogP contribution in [0.25, 0.3) is 10.9 Å². The Labute approximate surface area is 91.9 Å². The second-order valence-electron chi connectivity index (χ2n) is 3.41. The molecule has 3 nitrogen and oxygen atoms in total. The third kappa shape index (κ3) is 2.16. The highest BCUT2D eigenvalue weighted by atomic mass is 19.1. The Kier molecular flexibility index (Phi) is 2.81. The van der Waals surface area contributed by atoms with Crippen molar-refractivity contribution in [1.29, 1.82) is 0 Å². The van der Waals surface area contributed by atoms with E-state index in [1.807, 2.05) is 0 Å². The van der Waals surface area contributed by atoms with Crippen molar-refractivity contribution in [2.75, 3.05) is 7.11 Å². The molecule has 2 rings (SSSR count). The van der Waals surface area contributed by atoms with Gasteiger partial charge in [-0.1, -0.05) is 6.07 Å². The Morgan fingerprint density at radius 3 is 2.94 bits per heavy atom. The lowest BCUT2D eigenvalue weighted by Gasteiger charge is -2.02. The lowest BCUT2D eigenvalue weighted by atomic mass is 10.1. The number of hydrogen-bond acceptors (Lipinski definition) is 3. The van der Waals surface area contributed by atoms with E-state index in [9.17, 15) is 9.18 Å². The van der Waals surface area contributed by atoms with Crippen LogP contribution in [0.3, 0.4) is 0 Å². The molecular weight excluding hydrogens is 209 g/mol. The van der Waals surface area contributed by atoms with Crippen molar-refractivity contribution in [3.8, 4) is 0 Å². The molecule has 4 heteroatoms. The summed E-state index contributed by atoms with van der Waals surface area (Å²) in [7, 11) is 1.35. The number of rotatable bonds is 2. The molecule has 1 aromatic heterocycles. The van der Waals surface area contributed by atoms with Gasteiger partial charge in [0, 0.05) is 5.39 Å². The highest BCUT2D eigenvalue weighted by Crippen LogP contribution is 2.15. The van der Waals surface area contributed by atoms with Crippen LogP contribution >= 0.6 is 0 Å². The van der Waals surface area contributed by atoms with Gasteiger partial charge in [-0.2, -0.15) is 4.39 Å². The van der Waals surface area contributed by atoms with Gasteiger partial charge in [-0.3, -0.25) is 4.79 Å². The van der Waals surface area contributed by atoms with Crippen LogP contribution in [-0.4, -0.2) is 18.1 Å². The average Bonchev–Trinajstić information content (AvgIpc) is 2.29. The number of carbonyl (C=O) groups excluding carboxylic acids is 1. The summed E-state index contributed by atoms with van der Waals surface area (Å²) in [5.74, 6) is -0.803. The maximum absolute atomic E-state index is 12.8. The molecule has 82 valence electrons. The van der Waals surface area contributed by atoms with E-state index in [0.717, 1.165) is 10.9 Å². The molecule has 0 unspecified atom stereocenters. The fourth-order valence-electron chi connectivity index (χ4n) is 1.50. The molecule has 16 heavy (non-hydrogen) atoms. The molecule has 0 saturated heterocycles. The number of ether oxygens (including phenoxy) is 1. The zero-order valence-electron chi connectivity index (χ0n) is 8.74. The Bertz CT molecular complexity index is 540. The Morgan fingerprint density at radius 1 is 1.38 bits per heavy atom. The van der Waals surface area contributed by atoms with Crippen molar-refractivity contribution in [3.05, 3.63) is 41.8 Å². The number of hydrogen-bond donors (Lipinski definition) is 0. The van der Waals surface area contributed by atoms with Crippen molar-refractivity contribution in [2.45, 2.75) is 6.42 Å². The van der Waals surface area contributed by atoms with E-state index >= 15 is 0 Å². The lowest BCUT2D eigenvalue weighted by molar-refractivity contribution is -0.139. The van der Waals surface area contributed by atoms with Crippen LogP contribution in [0.4, 0.5) is 4.39 Å². The van der Waals surface area contributed by atoms with Crippen LogP contribution < -0.4 is 0 Å². The van der Waals surface area contributed by atoms with Crippen LogP contribution in [0.5, 0.6) is 0 Å². The third-order valence-corrected chi connectivity index (χ3v) is 2.30. The number of benzene rings is 1. The van der Waals surface area contributed by atoms with Gasteiger partial charge >= 0.3 is 5.97 Å². The van der Waals surface area contributed by atoms with Gasteiger partial charge < -0.3 is 4.74 Å². The number of methoxy groups -OCH3 is 1. The lowest BCUT2D eigenvalue weighted by Crippen LogP contribution is -2.04. The number of esters is 1. The molecule has 1 heterocycles. The summed E-state index contributed by atoms with van der Waals surface area (Å²) in [4.78, 5) is 14.8. The number of halogens is 1. The van der Waals surface area contributed by atoms with Crippen molar-refractivity contribution in [1.82, 2.24) is 4.98 Å². The zero-order valence-corrected chi connectivity index (χ0v) is 8.74. The highest BCUT2D eigenvalue weighted by molar-refractivity contribution is 5.81. The first-order valence-electron chi connectivity index (χ1n) is 4.81. The van der Waals surface area contributed by atoms with Crippen molar-refractivity contribution in [2.24, 2.45) is 0 Å².